The van der Waals surface area contributed by atoms with Crippen LogP contribution in [0, 0.1) is 10.1 Å². The molecule has 3 N–H and O–H groups in total. The minimum absolute atomic E-state index is 0.0863. The zero-order chi connectivity index (χ0) is 19.8. The molecule has 0 spiro atoms. The van der Waals surface area contributed by atoms with E-state index in [1.54, 1.807) is 0 Å². The molecule has 1 amide bonds. The summed E-state index contributed by atoms with van der Waals surface area (Å²) in [4.78, 5) is 35.5. The fourth-order valence-electron chi connectivity index (χ4n) is 2.26. The quantitative estimate of drug-likeness (QED) is 0.338. The Morgan fingerprint density at radius 1 is 1.37 bits per heavy atom. The molecule has 1 atom stereocenters. The van der Waals surface area contributed by atoms with E-state index in [0.717, 1.165) is 10.9 Å². The first kappa shape index (κ1) is 20.3. The van der Waals surface area contributed by atoms with Crippen LogP contribution in [0.25, 0.3) is 0 Å². The van der Waals surface area contributed by atoms with Crippen molar-refractivity contribution >= 4 is 34.6 Å². The Bertz CT molecular complexity index is 809. The van der Waals surface area contributed by atoms with Crippen LogP contribution in [0.3, 0.4) is 0 Å². The van der Waals surface area contributed by atoms with Gasteiger partial charge in [-0.3, -0.25) is 14.9 Å². The molecule has 1 aromatic heterocycles. The fraction of sp³-hybridized carbons (Fsp3) is 0.294. The van der Waals surface area contributed by atoms with E-state index < -0.39 is 23.4 Å². The molecule has 0 radical (unpaired) electrons. The summed E-state index contributed by atoms with van der Waals surface area (Å²) in [5.74, 6) is -1.36. The predicted octanol–water partition coefficient (Wildman–Crippen LogP) is 2.09. The molecule has 2 rings (SSSR count). The number of ether oxygens (including phenoxy) is 1. The minimum atomic E-state index is -0.877. The molecule has 0 aliphatic heterocycles. The van der Waals surface area contributed by atoms with E-state index >= 15 is 0 Å². The number of benzene rings is 1. The highest BCUT2D eigenvalue weighted by atomic mass is 32.1. The van der Waals surface area contributed by atoms with Crippen molar-refractivity contribution in [3.8, 4) is 0 Å². The number of hydrogen-bond donors (Lipinski definition) is 3. The Kier molecular flexibility index (Phi) is 7.26. The summed E-state index contributed by atoms with van der Waals surface area (Å²) in [5, 5.41) is 27.2. The molecule has 0 aliphatic carbocycles. The molecule has 0 aliphatic rings. The van der Waals surface area contributed by atoms with E-state index in [1.807, 2.05) is 24.4 Å². The van der Waals surface area contributed by atoms with Gasteiger partial charge in [-0.2, -0.15) is 0 Å². The van der Waals surface area contributed by atoms with Gasteiger partial charge in [0.1, 0.15) is 0 Å². The number of non-ortho nitro benzene ring substituents is 1. The molecule has 1 heterocycles. The van der Waals surface area contributed by atoms with Gasteiger partial charge in [-0.25, -0.2) is 4.79 Å². The van der Waals surface area contributed by atoms with Gasteiger partial charge in [-0.15, -0.1) is 11.3 Å². The number of rotatable bonds is 9. The summed E-state index contributed by atoms with van der Waals surface area (Å²) in [6, 6.07) is 7.16. The number of thiophene rings is 1. The van der Waals surface area contributed by atoms with Crippen LogP contribution in [0.5, 0.6) is 0 Å². The largest absolute Gasteiger partial charge is 0.452 e. The third kappa shape index (κ3) is 5.76. The lowest BCUT2D eigenvalue weighted by molar-refractivity contribution is -0.384. The molecular weight excluding hydrogens is 374 g/mol. The number of nitrogens with one attached hydrogen (secondary N) is 2. The number of carbonyl (C=O) groups excluding carboxylic acids is 2. The molecule has 144 valence electrons. The van der Waals surface area contributed by atoms with E-state index in [9.17, 15) is 19.7 Å². The Balaban J connectivity index is 2.02. The molecule has 27 heavy (non-hydrogen) atoms. The standard InChI is InChI=1S/C17H19N3O6S/c1-11(15-3-2-8-27-15)19-16(22)10-26-17(23)13-9-12(20(24)25)4-5-14(13)18-6-7-21/h2-5,8-9,11,18,21H,6-7,10H2,1H3,(H,19,22)/t11-/m0/s1. The number of aliphatic hydroxyl groups is 1. The highest BCUT2D eigenvalue weighted by Gasteiger charge is 2.19. The maximum Gasteiger partial charge on any atom is 0.341 e. The van der Waals surface area contributed by atoms with Crippen molar-refractivity contribution in [2.75, 3.05) is 25.1 Å². The van der Waals surface area contributed by atoms with Crippen LogP contribution in [0.4, 0.5) is 11.4 Å². The lowest BCUT2D eigenvalue weighted by Gasteiger charge is -2.13. The number of hydrogen-bond acceptors (Lipinski definition) is 8. The van der Waals surface area contributed by atoms with Gasteiger partial charge in [0.25, 0.3) is 11.6 Å². The van der Waals surface area contributed by atoms with Crippen LogP contribution in [-0.4, -0.2) is 41.7 Å². The number of carbonyl (C=O) groups is 2. The van der Waals surface area contributed by atoms with Gasteiger partial charge in [0, 0.05) is 29.2 Å². The van der Waals surface area contributed by atoms with Crippen molar-refractivity contribution in [3.63, 3.8) is 0 Å². The SMILES string of the molecule is C[C@H](NC(=O)COC(=O)c1cc([N+](=O)[O-])ccc1NCCO)c1cccs1. The Hall–Kier alpha value is -2.98. The van der Waals surface area contributed by atoms with Crippen molar-refractivity contribution in [1.29, 1.82) is 0 Å². The summed E-state index contributed by atoms with van der Waals surface area (Å²) < 4.78 is 4.99. The average molecular weight is 393 g/mol. The molecule has 0 saturated heterocycles. The fourth-order valence-corrected chi connectivity index (χ4v) is 2.99. The Morgan fingerprint density at radius 2 is 2.15 bits per heavy atom. The van der Waals surface area contributed by atoms with Gasteiger partial charge in [0.2, 0.25) is 0 Å². The van der Waals surface area contributed by atoms with Gasteiger partial charge in [-0.05, 0) is 24.4 Å². The molecule has 0 unspecified atom stereocenters. The third-order valence-corrected chi connectivity index (χ3v) is 4.60. The number of amides is 1. The summed E-state index contributed by atoms with van der Waals surface area (Å²) in [6.07, 6.45) is 0. The van der Waals surface area contributed by atoms with Gasteiger partial charge in [0.05, 0.1) is 23.1 Å². The van der Waals surface area contributed by atoms with Crippen LogP contribution in [0.2, 0.25) is 0 Å². The molecule has 9 nitrogen and oxygen atoms in total. The van der Waals surface area contributed by atoms with Crippen molar-refractivity contribution in [2.45, 2.75) is 13.0 Å². The van der Waals surface area contributed by atoms with Crippen LogP contribution < -0.4 is 10.6 Å². The molecule has 0 fully saturated rings. The first-order valence-corrected chi connectivity index (χ1v) is 8.93. The van der Waals surface area contributed by atoms with E-state index in [-0.39, 0.29) is 36.1 Å². The number of nitrogens with zero attached hydrogens (tertiary/aromatic N) is 1. The lowest BCUT2D eigenvalue weighted by atomic mass is 10.1. The number of esters is 1. The van der Waals surface area contributed by atoms with E-state index in [1.165, 1.54) is 23.5 Å². The van der Waals surface area contributed by atoms with Crippen molar-refractivity contribution in [1.82, 2.24) is 5.32 Å². The number of aliphatic hydroxyl groups excluding tert-OH is 1. The van der Waals surface area contributed by atoms with Gasteiger partial charge in [-0.1, -0.05) is 6.07 Å². The Morgan fingerprint density at radius 3 is 2.78 bits per heavy atom. The van der Waals surface area contributed by atoms with Crippen LogP contribution in [0.1, 0.15) is 28.2 Å². The maximum absolute atomic E-state index is 12.3. The zero-order valence-electron chi connectivity index (χ0n) is 14.5. The monoisotopic (exact) mass is 393 g/mol. The van der Waals surface area contributed by atoms with E-state index in [2.05, 4.69) is 10.6 Å². The number of nitro groups is 1. The van der Waals surface area contributed by atoms with E-state index in [0.29, 0.717) is 0 Å². The van der Waals surface area contributed by atoms with Crippen molar-refractivity contribution < 1.29 is 24.4 Å². The van der Waals surface area contributed by atoms with Crippen molar-refractivity contribution in [3.05, 3.63) is 56.3 Å². The smallest absolute Gasteiger partial charge is 0.341 e. The summed E-state index contributed by atoms with van der Waals surface area (Å²) in [7, 11) is 0. The van der Waals surface area contributed by atoms with Gasteiger partial charge >= 0.3 is 5.97 Å². The van der Waals surface area contributed by atoms with E-state index in [4.69, 9.17) is 9.84 Å². The molecule has 2 aromatic rings. The molecule has 0 bridgehead atoms. The normalized spacial score (nSPS) is 11.5. The summed E-state index contributed by atoms with van der Waals surface area (Å²) in [5.41, 5.74) is -0.101. The average Bonchev–Trinajstić information content (AvgIpc) is 3.19. The third-order valence-electron chi connectivity index (χ3n) is 3.54. The Labute approximate surface area is 159 Å². The summed E-state index contributed by atoms with van der Waals surface area (Å²) >= 11 is 1.49. The van der Waals surface area contributed by atoms with Gasteiger partial charge in [0.15, 0.2) is 6.61 Å². The topological polar surface area (TPSA) is 131 Å². The van der Waals surface area contributed by atoms with Crippen LogP contribution in [0.15, 0.2) is 35.7 Å². The predicted molar refractivity (Wildman–Crippen MR) is 99.8 cm³/mol. The highest BCUT2D eigenvalue weighted by Crippen LogP contribution is 2.23. The molecule has 10 heteroatoms. The van der Waals surface area contributed by atoms with Crippen molar-refractivity contribution in [2.24, 2.45) is 0 Å². The van der Waals surface area contributed by atoms with Crippen LogP contribution >= 0.6 is 11.3 Å². The van der Waals surface area contributed by atoms with Gasteiger partial charge < -0.3 is 20.5 Å². The first-order chi connectivity index (χ1) is 12.9. The van der Waals surface area contributed by atoms with Crippen LogP contribution in [-0.2, 0) is 9.53 Å². The maximum atomic E-state index is 12.3. The molecular formula is C17H19N3O6S. The second-order valence-corrected chi connectivity index (χ2v) is 6.50. The second kappa shape index (κ2) is 9.64. The molecule has 0 saturated carbocycles. The zero-order valence-corrected chi connectivity index (χ0v) is 15.3. The lowest BCUT2D eigenvalue weighted by Crippen LogP contribution is -2.30. The summed E-state index contributed by atoms with van der Waals surface area (Å²) in [6.45, 7) is 1.26. The minimum Gasteiger partial charge on any atom is -0.452 e. The second-order valence-electron chi connectivity index (χ2n) is 5.52. The highest BCUT2D eigenvalue weighted by molar-refractivity contribution is 7.10. The molecule has 1 aromatic carbocycles. The number of anilines is 1. The first-order valence-electron chi connectivity index (χ1n) is 8.05. The number of nitro benzene ring substituents is 1.